The summed E-state index contributed by atoms with van der Waals surface area (Å²) < 4.78 is 36.5. The maximum absolute atomic E-state index is 12.2. The van der Waals surface area contributed by atoms with Crippen molar-refractivity contribution in [3.63, 3.8) is 0 Å². The molecule has 1 aliphatic heterocycles. The summed E-state index contributed by atoms with van der Waals surface area (Å²) in [5.74, 6) is -0.822. The highest BCUT2D eigenvalue weighted by molar-refractivity contribution is 5.97. The molecule has 1 heterocycles. The van der Waals surface area contributed by atoms with E-state index >= 15 is 0 Å². The molecule has 104 valence electrons. The summed E-state index contributed by atoms with van der Waals surface area (Å²) in [5.41, 5.74) is -1.04. The zero-order valence-corrected chi connectivity index (χ0v) is 10.4. The van der Waals surface area contributed by atoms with Crippen LogP contribution in [0.25, 0.3) is 0 Å². The number of carbonyl (C=O) groups excluding carboxylic acids is 2. The molecule has 2 amide bonds. The van der Waals surface area contributed by atoms with E-state index in [2.05, 4.69) is 5.32 Å². The second-order valence-electron chi connectivity index (χ2n) is 4.43. The van der Waals surface area contributed by atoms with Crippen molar-refractivity contribution in [3.8, 4) is 0 Å². The molecule has 1 rings (SSSR count). The van der Waals surface area contributed by atoms with E-state index in [0.717, 1.165) is 4.90 Å². The van der Waals surface area contributed by atoms with Crippen LogP contribution >= 0.6 is 0 Å². The van der Waals surface area contributed by atoms with Gasteiger partial charge in [0.2, 0.25) is 11.8 Å². The molecule has 0 aliphatic carbocycles. The minimum absolute atomic E-state index is 0.295. The number of alkyl halides is 3. The molecule has 1 fully saturated rings. The lowest BCUT2D eigenvalue weighted by Crippen LogP contribution is -2.66. The van der Waals surface area contributed by atoms with Crippen LogP contribution in [0.5, 0.6) is 0 Å². The zero-order chi connectivity index (χ0) is 14.0. The Labute approximate surface area is 104 Å². The van der Waals surface area contributed by atoms with Gasteiger partial charge in [-0.25, -0.2) is 0 Å². The predicted octanol–water partition coefficient (Wildman–Crippen LogP) is 1.46. The Hall–Kier alpha value is -1.27. The summed E-state index contributed by atoms with van der Waals surface area (Å²) in [7, 11) is 0. The highest BCUT2D eigenvalue weighted by Gasteiger charge is 2.44. The van der Waals surface area contributed by atoms with E-state index in [1.165, 1.54) is 0 Å². The van der Waals surface area contributed by atoms with Gasteiger partial charge in [-0.3, -0.25) is 9.59 Å². The molecular formula is C11H17F3N2O2. The number of amides is 2. The molecule has 0 aromatic rings. The number of nitrogens with zero attached hydrogens (tertiary/aromatic N) is 1. The van der Waals surface area contributed by atoms with Crippen LogP contribution in [0, 0.1) is 0 Å². The summed E-state index contributed by atoms with van der Waals surface area (Å²) in [6, 6.07) is 0. The van der Waals surface area contributed by atoms with Crippen molar-refractivity contribution >= 4 is 11.8 Å². The first-order valence-corrected chi connectivity index (χ1v) is 5.91. The van der Waals surface area contributed by atoms with Crippen LogP contribution in [-0.2, 0) is 9.59 Å². The summed E-state index contributed by atoms with van der Waals surface area (Å²) in [6.45, 7) is 2.71. The topological polar surface area (TPSA) is 49.4 Å². The van der Waals surface area contributed by atoms with Gasteiger partial charge in [0.05, 0.1) is 13.0 Å². The second kappa shape index (κ2) is 5.16. The van der Waals surface area contributed by atoms with Gasteiger partial charge in [0.1, 0.15) is 5.54 Å². The van der Waals surface area contributed by atoms with E-state index in [1.807, 2.05) is 0 Å². The molecule has 0 radical (unpaired) electrons. The average molecular weight is 266 g/mol. The minimum Gasteiger partial charge on any atom is -0.340 e. The molecule has 0 aromatic heterocycles. The van der Waals surface area contributed by atoms with E-state index in [-0.39, 0.29) is 6.54 Å². The predicted molar refractivity (Wildman–Crippen MR) is 58.7 cm³/mol. The van der Waals surface area contributed by atoms with Gasteiger partial charge in [-0.2, -0.15) is 13.2 Å². The zero-order valence-electron chi connectivity index (χ0n) is 10.4. The van der Waals surface area contributed by atoms with Gasteiger partial charge in [0.25, 0.3) is 0 Å². The first kappa shape index (κ1) is 14.8. The molecule has 0 spiro atoms. The molecule has 0 saturated carbocycles. The molecule has 1 saturated heterocycles. The number of nitrogens with one attached hydrogen (secondary N) is 1. The Morgan fingerprint density at radius 1 is 1.28 bits per heavy atom. The fourth-order valence-corrected chi connectivity index (χ4v) is 2.08. The Kier molecular flexibility index (Phi) is 4.24. The average Bonchev–Trinajstić information content (AvgIpc) is 2.29. The second-order valence-corrected chi connectivity index (χ2v) is 4.43. The maximum Gasteiger partial charge on any atom is 0.390 e. The van der Waals surface area contributed by atoms with Gasteiger partial charge in [-0.05, 0) is 12.8 Å². The normalized spacial score (nSPS) is 19.9. The van der Waals surface area contributed by atoms with Crippen molar-refractivity contribution in [2.75, 3.05) is 13.1 Å². The lowest BCUT2D eigenvalue weighted by atomic mass is 9.89. The van der Waals surface area contributed by atoms with Gasteiger partial charge in [0.15, 0.2) is 0 Å². The Balaban J connectivity index is 2.80. The lowest BCUT2D eigenvalue weighted by Gasteiger charge is -2.41. The maximum atomic E-state index is 12.2. The molecule has 0 unspecified atom stereocenters. The number of piperazine rings is 1. The van der Waals surface area contributed by atoms with Gasteiger partial charge >= 0.3 is 6.18 Å². The van der Waals surface area contributed by atoms with Crippen molar-refractivity contribution in [1.29, 1.82) is 0 Å². The molecule has 4 nitrogen and oxygen atoms in total. The first-order chi connectivity index (χ1) is 8.24. The van der Waals surface area contributed by atoms with E-state index in [0.29, 0.717) is 12.8 Å². The van der Waals surface area contributed by atoms with Gasteiger partial charge in [0, 0.05) is 6.54 Å². The fraction of sp³-hybridized carbons (Fsp3) is 0.818. The van der Waals surface area contributed by atoms with Gasteiger partial charge < -0.3 is 10.2 Å². The van der Waals surface area contributed by atoms with Crippen LogP contribution in [0.3, 0.4) is 0 Å². The fourth-order valence-electron chi connectivity index (χ4n) is 2.08. The van der Waals surface area contributed by atoms with Crippen molar-refractivity contribution in [2.45, 2.75) is 44.8 Å². The summed E-state index contributed by atoms with van der Waals surface area (Å²) in [6.07, 6.45) is -4.67. The van der Waals surface area contributed by atoms with Crippen molar-refractivity contribution in [2.24, 2.45) is 0 Å². The lowest BCUT2D eigenvalue weighted by molar-refractivity contribution is -0.157. The van der Waals surface area contributed by atoms with E-state index < -0.39 is 36.5 Å². The largest absolute Gasteiger partial charge is 0.390 e. The van der Waals surface area contributed by atoms with E-state index in [9.17, 15) is 22.8 Å². The van der Waals surface area contributed by atoms with Crippen LogP contribution in [0.15, 0.2) is 0 Å². The highest BCUT2D eigenvalue weighted by Crippen LogP contribution is 2.25. The molecule has 18 heavy (non-hydrogen) atoms. The van der Waals surface area contributed by atoms with E-state index in [4.69, 9.17) is 0 Å². The van der Waals surface area contributed by atoms with Crippen molar-refractivity contribution in [1.82, 2.24) is 10.2 Å². The van der Waals surface area contributed by atoms with Crippen LogP contribution in [0.4, 0.5) is 13.2 Å². The summed E-state index contributed by atoms with van der Waals surface area (Å²) in [4.78, 5) is 24.6. The number of rotatable bonds is 4. The third-order valence-electron chi connectivity index (χ3n) is 3.28. The van der Waals surface area contributed by atoms with Crippen molar-refractivity contribution in [3.05, 3.63) is 0 Å². The summed E-state index contributed by atoms with van der Waals surface area (Å²) in [5, 5.41) is 2.59. The van der Waals surface area contributed by atoms with Gasteiger partial charge in [-0.1, -0.05) is 13.8 Å². The van der Waals surface area contributed by atoms with Crippen LogP contribution in [-0.4, -0.2) is 41.5 Å². The summed E-state index contributed by atoms with van der Waals surface area (Å²) >= 11 is 0. The molecule has 0 bridgehead atoms. The Morgan fingerprint density at radius 2 is 1.83 bits per heavy atom. The molecule has 0 aromatic carbocycles. The number of carbonyl (C=O) groups is 2. The molecular weight excluding hydrogens is 249 g/mol. The van der Waals surface area contributed by atoms with Crippen LogP contribution in [0.1, 0.15) is 33.1 Å². The number of hydrogen-bond acceptors (Lipinski definition) is 2. The Morgan fingerprint density at radius 3 is 2.28 bits per heavy atom. The molecule has 1 aliphatic rings. The first-order valence-electron chi connectivity index (χ1n) is 5.91. The van der Waals surface area contributed by atoms with Crippen LogP contribution in [0.2, 0.25) is 0 Å². The Bertz CT molecular complexity index is 338. The van der Waals surface area contributed by atoms with Crippen molar-refractivity contribution < 1.29 is 22.8 Å². The molecule has 0 atom stereocenters. The third-order valence-corrected chi connectivity index (χ3v) is 3.28. The number of hydrogen-bond donors (Lipinski definition) is 1. The highest BCUT2D eigenvalue weighted by atomic mass is 19.4. The molecule has 1 N–H and O–H groups in total. The monoisotopic (exact) mass is 266 g/mol. The van der Waals surface area contributed by atoms with Gasteiger partial charge in [-0.15, -0.1) is 0 Å². The molecule has 7 heteroatoms. The van der Waals surface area contributed by atoms with E-state index in [1.54, 1.807) is 13.8 Å². The quantitative estimate of drug-likeness (QED) is 0.837. The third kappa shape index (κ3) is 3.14. The number of halogens is 3. The SMILES string of the molecule is CCC1(CC)NC(=O)CN(CCC(F)(F)F)C1=O. The standard InChI is InChI=1S/C11H17F3N2O2/c1-3-10(4-2)9(18)16(7-8(17)15-10)6-5-11(12,13)14/h3-7H2,1-2H3,(H,15,17). The smallest absolute Gasteiger partial charge is 0.340 e. The van der Waals surface area contributed by atoms with Crippen LogP contribution < -0.4 is 5.32 Å². The minimum atomic E-state index is -4.32.